The Morgan fingerprint density at radius 1 is 0.702 bits per heavy atom. The van der Waals surface area contributed by atoms with Crippen LogP contribution >= 0.6 is 0 Å². The van der Waals surface area contributed by atoms with Gasteiger partial charge in [0.05, 0.1) is 43.4 Å². The van der Waals surface area contributed by atoms with Gasteiger partial charge in [-0.3, -0.25) is 5.10 Å². The normalized spacial score (nSPS) is 11.6. The molecule has 8 aromatic rings. The van der Waals surface area contributed by atoms with Gasteiger partial charge in [-0.15, -0.1) is 0 Å². The molecule has 0 radical (unpaired) electrons. The van der Waals surface area contributed by atoms with E-state index in [0.717, 1.165) is 39.9 Å². The van der Waals surface area contributed by atoms with Crippen LogP contribution < -0.4 is 23.8 Å². The molecular weight excluding hydrogens is 736 g/mol. The summed E-state index contributed by atoms with van der Waals surface area (Å²) >= 11 is 0. The number of aromatic amines is 1. The third-order valence-electron chi connectivity index (χ3n) is 9.68. The summed E-state index contributed by atoms with van der Waals surface area (Å²) in [6, 6.07) is 28.0. The first-order valence-corrected chi connectivity index (χ1v) is 17.8. The Hall–Kier alpha value is -7.09. The molecule has 0 amide bonds. The number of methoxy groups -OCH3 is 3. The third-order valence-corrected chi connectivity index (χ3v) is 9.68. The van der Waals surface area contributed by atoms with Crippen molar-refractivity contribution >= 4 is 27.8 Å². The largest absolute Gasteiger partial charge is 0.497 e. The molecule has 0 saturated carbocycles. The maximum absolute atomic E-state index is 13.9. The minimum absolute atomic E-state index is 0.194. The number of benzene rings is 4. The maximum Gasteiger partial charge on any atom is 0.416 e. The van der Waals surface area contributed by atoms with Crippen LogP contribution in [0.2, 0.25) is 0 Å². The lowest BCUT2D eigenvalue weighted by molar-refractivity contribution is -0.137. The number of alkyl halides is 3. The van der Waals surface area contributed by atoms with Crippen molar-refractivity contribution in [3.63, 3.8) is 0 Å². The minimum atomic E-state index is -4.56. The predicted molar refractivity (Wildman–Crippen MR) is 213 cm³/mol. The molecule has 0 fully saturated rings. The number of rotatable bonds is 11. The number of hydrogen-bond donors (Lipinski definition) is 1. The summed E-state index contributed by atoms with van der Waals surface area (Å²) in [5.41, 5.74) is 6.44. The molecule has 8 rings (SSSR count). The highest BCUT2D eigenvalue weighted by molar-refractivity contribution is 6.04. The summed E-state index contributed by atoms with van der Waals surface area (Å²) in [6.07, 6.45) is -1.21. The van der Waals surface area contributed by atoms with Gasteiger partial charge in [-0.25, -0.2) is 14.6 Å². The average Bonchev–Trinajstić information content (AvgIpc) is 3.84. The lowest BCUT2D eigenvalue weighted by Gasteiger charge is -2.16. The molecule has 0 unspecified atom stereocenters. The number of hydrogen-bond acceptors (Lipinski definition) is 9. The molecule has 57 heavy (non-hydrogen) atoms. The summed E-state index contributed by atoms with van der Waals surface area (Å²) in [5.74, 6) is 1.63. The van der Waals surface area contributed by atoms with Gasteiger partial charge >= 0.3 is 6.18 Å². The number of halogens is 3. The number of nitrogens with zero attached hydrogens (tertiary/aromatic N) is 6. The topological polar surface area (TPSA) is 112 Å². The van der Waals surface area contributed by atoms with Gasteiger partial charge in [0.25, 0.3) is 0 Å². The van der Waals surface area contributed by atoms with Crippen molar-refractivity contribution in [2.24, 2.45) is 0 Å². The zero-order valence-corrected chi connectivity index (χ0v) is 31.5. The van der Waals surface area contributed by atoms with Gasteiger partial charge in [-0.1, -0.05) is 36.4 Å². The lowest BCUT2D eigenvalue weighted by atomic mass is 9.98. The smallest absolute Gasteiger partial charge is 0.416 e. The Kier molecular flexibility index (Phi) is 9.61. The van der Waals surface area contributed by atoms with Crippen LogP contribution in [0.4, 0.5) is 18.9 Å². The first kappa shape index (κ1) is 36.9. The van der Waals surface area contributed by atoms with Crippen molar-refractivity contribution in [3.8, 4) is 67.8 Å². The molecule has 11 nitrogen and oxygen atoms in total. The first-order chi connectivity index (χ1) is 27.6. The van der Waals surface area contributed by atoms with Crippen molar-refractivity contribution in [3.05, 3.63) is 115 Å². The molecule has 0 bridgehead atoms. The average molecular weight is 772 g/mol. The van der Waals surface area contributed by atoms with E-state index in [1.165, 1.54) is 25.0 Å². The number of pyridine rings is 2. The van der Waals surface area contributed by atoms with Crippen LogP contribution in [0.15, 0.2) is 109 Å². The molecule has 0 aliphatic rings. The van der Waals surface area contributed by atoms with Crippen LogP contribution in [0.3, 0.4) is 0 Å². The van der Waals surface area contributed by atoms with E-state index in [-0.39, 0.29) is 12.3 Å². The number of fused-ring (bicyclic) bond motifs is 2. The van der Waals surface area contributed by atoms with Crippen molar-refractivity contribution in [1.29, 1.82) is 0 Å². The van der Waals surface area contributed by atoms with E-state index in [1.807, 2.05) is 73.6 Å². The van der Waals surface area contributed by atoms with Gasteiger partial charge < -0.3 is 23.8 Å². The maximum atomic E-state index is 13.9. The molecule has 4 heterocycles. The Morgan fingerprint density at radius 3 is 2.14 bits per heavy atom. The summed E-state index contributed by atoms with van der Waals surface area (Å²) < 4.78 is 66.9. The lowest BCUT2D eigenvalue weighted by Crippen LogP contribution is -2.09. The highest BCUT2D eigenvalue weighted by Crippen LogP contribution is 2.44. The SMILES string of the molecule is COc1cccc(-c2ccnc3c2c(-c2cccc(C(F)(F)F)c2)nn3COc2cc(-c3[nH]nc4nccc(-c5cccc(N(C)C)c5)c34)cc(OC)c2OC)c1. The molecule has 0 aliphatic heterocycles. The fourth-order valence-corrected chi connectivity index (χ4v) is 6.92. The molecule has 0 atom stereocenters. The summed E-state index contributed by atoms with van der Waals surface area (Å²) in [4.78, 5) is 11.2. The monoisotopic (exact) mass is 771 g/mol. The van der Waals surface area contributed by atoms with Crippen LogP contribution in [-0.4, -0.2) is 65.4 Å². The van der Waals surface area contributed by atoms with E-state index >= 15 is 0 Å². The molecule has 4 aromatic heterocycles. The van der Waals surface area contributed by atoms with Crippen molar-refractivity contribution in [2.75, 3.05) is 40.3 Å². The van der Waals surface area contributed by atoms with E-state index in [2.05, 4.69) is 26.2 Å². The number of H-pyrrole nitrogens is 1. The standard InChI is InChI=1S/C43H36F3N7O4/c1-52(2)30-13-7-9-25(20-30)32-15-17-47-41-36(32)38(49-50-41)28-22-34(55-4)40(56-5)35(23-28)57-24-53-42-37(33(16-18-48-42)26-10-8-14-31(21-26)54-3)39(51-53)27-11-6-12-29(19-27)43(44,45)46/h6-23H,24H2,1-5H3,(H,47,49,50). The number of nitrogens with one attached hydrogen (secondary N) is 1. The molecule has 0 spiro atoms. The van der Waals surface area contributed by atoms with Crippen molar-refractivity contribution in [1.82, 2.24) is 29.9 Å². The molecule has 0 aliphatic carbocycles. The Labute approximate surface area is 325 Å². The zero-order chi connectivity index (χ0) is 39.8. The molecule has 288 valence electrons. The summed E-state index contributed by atoms with van der Waals surface area (Å²) in [5, 5.41) is 13.9. The van der Waals surface area contributed by atoms with Gasteiger partial charge in [0.2, 0.25) is 5.75 Å². The van der Waals surface area contributed by atoms with E-state index in [4.69, 9.17) is 24.0 Å². The van der Waals surface area contributed by atoms with Gasteiger partial charge in [-0.05, 0) is 82.9 Å². The van der Waals surface area contributed by atoms with Gasteiger partial charge in [0.15, 0.2) is 29.5 Å². The highest BCUT2D eigenvalue weighted by atomic mass is 19.4. The van der Waals surface area contributed by atoms with E-state index in [0.29, 0.717) is 62.2 Å². The van der Waals surface area contributed by atoms with Crippen LogP contribution in [0.5, 0.6) is 23.0 Å². The quantitative estimate of drug-likeness (QED) is 0.137. The second-order valence-corrected chi connectivity index (χ2v) is 13.3. The van der Waals surface area contributed by atoms with Crippen LogP contribution in [0, 0.1) is 0 Å². The second-order valence-electron chi connectivity index (χ2n) is 13.3. The molecule has 14 heteroatoms. The zero-order valence-electron chi connectivity index (χ0n) is 31.5. The predicted octanol–water partition coefficient (Wildman–Crippen LogP) is 9.52. The van der Waals surface area contributed by atoms with E-state index in [1.54, 1.807) is 37.7 Å². The molecule has 4 aromatic carbocycles. The fraction of sp³-hybridized carbons (Fsp3) is 0.163. The minimum Gasteiger partial charge on any atom is -0.497 e. The molecule has 0 saturated heterocycles. The van der Waals surface area contributed by atoms with Crippen LogP contribution in [-0.2, 0) is 12.9 Å². The molecular formula is C43H36F3N7O4. The fourth-order valence-electron chi connectivity index (χ4n) is 6.92. The Bertz CT molecular complexity index is 2760. The van der Waals surface area contributed by atoms with Gasteiger partial charge in [0, 0.05) is 43.3 Å². The van der Waals surface area contributed by atoms with E-state index in [9.17, 15) is 13.2 Å². The van der Waals surface area contributed by atoms with E-state index < -0.39 is 11.7 Å². The second kappa shape index (κ2) is 14.9. The number of aromatic nitrogens is 6. The van der Waals surface area contributed by atoms with Gasteiger partial charge in [0.1, 0.15) is 11.4 Å². The molecule has 1 N–H and O–H groups in total. The first-order valence-electron chi connectivity index (χ1n) is 17.8. The van der Waals surface area contributed by atoms with Gasteiger partial charge in [-0.2, -0.15) is 23.4 Å². The highest BCUT2D eigenvalue weighted by Gasteiger charge is 2.31. The summed E-state index contributed by atoms with van der Waals surface area (Å²) in [7, 11) is 8.58. The number of ether oxygens (including phenoxy) is 4. The Morgan fingerprint density at radius 2 is 1.40 bits per heavy atom. The van der Waals surface area contributed by atoms with Crippen LogP contribution in [0.25, 0.3) is 66.8 Å². The summed E-state index contributed by atoms with van der Waals surface area (Å²) in [6.45, 7) is -0.194. The van der Waals surface area contributed by atoms with Crippen molar-refractivity contribution in [2.45, 2.75) is 12.9 Å². The van der Waals surface area contributed by atoms with Crippen molar-refractivity contribution < 1.29 is 32.1 Å². The number of anilines is 1. The Balaban J connectivity index is 1.25. The third kappa shape index (κ3) is 6.90. The van der Waals surface area contributed by atoms with Crippen LogP contribution in [0.1, 0.15) is 5.56 Å².